The molecule has 1 rings (SSSR count). The van der Waals surface area contributed by atoms with Crippen LogP contribution in [0.15, 0.2) is 22.5 Å². The average molecular weight is 142 g/mol. The van der Waals surface area contributed by atoms with E-state index in [4.69, 9.17) is 0 Å². The van der Waals surface area contributed by atoms with Gasteiger partial charge in [0.25, 0.3) is 0 Å². The van der Waals surface area contributed by atoms with Crippen LogP contribution in [-0.2, 0) is 0 Å². The van der Waals surface area contributed by atoms with Crippen LogP contribution in [0, 0.1) is 0 Å². The van der Waals surface area contributed by atoms with Gasteiger partial charge in [-0.3, -0.25) is 0 Å². The van der Waals surface area contributed by atoms with E-state index in [-0.39, 0.29) is 0 Å². The second-order valence-corrected chi connectivity index (χ2v) is 3.22. The maximum atomic E-state index is 4.00. The summed E-state index contributed by atoms with van der Waals surface area (Å²) >= 11 is 1.82. The minimum Gasteiger partial charge on any atom is -0.180 e. The van der Waals surface area contributed by atoms with Crippen LogP contribution in [0.1, 0.15) is 6.92 Å². The highest BCUT2D eigenvalue weighted by Crippen LogP contribution is 2.17. The van der Waals surface area contributed by atoms with Crippen molar-refractivity contribution in [1.82, 2.24) is 0 Å². The van der Waals surface area contributed by atoms with Crippen LogP contribution in [0.5, 0.6) is 0 Å². The van der Waals surface area contributed by atoms with E-state index in [0.29, 0.717) is 11.3 Å². The molecule has 0 saturated heterocycles. The van der Waals surface area contributed by atoms with Gasteiger partial charge >= 0.3 is 0 Å². The van der Waals surface area contributed by atoms with Gasteiger partial charge in [-0.05, 0) is 12.3 Å². The van der Waals surface area contributed by atoms with Crippen molar-refractivity contribution < 1.29 is 0 Å². The summed E-state index contributed by atoms with van der Waals surface area (Å²) in [6.45, 7) is 2.16. The lowest BCUT2D eigenvalue weighted by Gasteiger charge is -2.08. The van der Waals surface area contributed by atoms with Crippen molar-refractivity contribution in [2.75, 3.05) is 6.26 Å². The van der Waals surface area contributed by atoms with Gasteiger partial charge in [-0.25, -0.2) is 0 Å². The molecule has 0 aromatic carbocycles. The summed E-state index contributed by atoms with van der Waals surface area (Å²) in [5.74, 6) is 0. The molecule has 1 aliphatic heterocycles. The topological polar surface area (TPSA) is 24.7 Å². The normalized spacial score (nSPS) is 27.1. The van der Waals surface area contributed by atoms with Gasteiger partial charge in [-0.1, -0.05) is 6.92 Å². The fourth-order valence-electron chi connectivity index (χ4n) is 0.670. The molecular formula is C6H10N2S. The smallest absolute Gasteiger partial charge is 0.103 e. The Balaban J connectivity index is 2.43. The Kier molecular flexibility index (Phi) is 2.28. The minimum absolute atomic E-state index is 0.319. The van der Waals surface area contributed by atoms with Gasteiger partial charge < -0.3 is 0 Å². The lowest BCUT2D eigenvalue weighted by Crippen LogP contribution is -2.12. The van der Waals surface area contributed by atoms with Crippen molar-refractivity contribution in [3.05, 3.63) is 12.3 Å². The summed E-state index contributed by atoms with van der Waals surface area (Å²) in [6.07, 6.45) is 5.88. The predicted molar refractivity (Wildman–Crippen MR) is 40.8 cm³/mol. The highest BCUT2D eigenvalue weighted by molar-refractivity contribution is 7.99. The van der Waals surface area contributed by atoms with Gasteiger partial charge in [0.15, 0.2) is 0 Å². The molecule has 0 N–H and O–H groups in total. The van der Waals surface area contributed by atoms with Gasteiger partial charge in [0.1, 0.15) is 6.04 Å². The van der Waals surface area contributed by atoms with E-state index in [2.05, 4.69) is 23.4 Å². The molecule has 0 aliphatic carbocycles. The number of nitrogens with zero attached hydrogens (tertiary/aromatic N) is 2. The Bertz CT molecular complexity index is 130. The van der Waals surface area contributed by atoms with E-state index in [1.54, 1.807) is 6.20 Å². The van der Waals surface area contributed by atoms with Gasteiger partial charge in [-0.2, -0.15) is 22.0 Å². The molecule has 2 atom stereocenters. The number of hydrogen-bond donors (Lipinski definition) is 0. The van der Waals surface area contributed by atoms with Crippen LogP contribution in [0.2, 0.25) is 0 Å². The van der Waals surface area contributed by atoms with Crippen molar-refractivity contribution >= 4 is 11.8 Å². The fourth-order valence-corrected chi connectivity index (χ4v) is 1.09. The molecule has 0 aromatic heterocycles. The van der Waals surface area contributed by atoms with Crippen molar-refractivity contribution in [3.8, 4) is 0 Å². The van der Waals surface area contributed by atoms with Gasteiger partial charge in [0.2, 0.25) is 0 Å². The average Bonchev–Trinajstić information content (AvgIpc) is 2.37. The van der Waals surface area contributed by atoms with Crippen molar-refractivity contribution in [1.29, 1.82) is 0 Å². The maximum Gasteiger partial charge on any atom is 0.103 e. The molecule has 0 bridgehead atoms. The Hall–Kier alpha value is -0.310. The van der Waals surface area contributed by atoms with Crippen molar-refractivity contribution in [2.24, 2.45) is 10.2 Å². The molecule has 0 fully saturated rings. The lowest BCUT2D eigenvalue weighted by molar-refractivity contribution is 0.786. The molecular weight excluding hydrogens is 132 g/mol. The SMILES string of the molecule is CSC(C)C1C=CN=N1. The van der Waals surface area contributed by atoms with Crippen molar-refractivity contribution in [2.45, 2.75) is 18.2 Å². The zero-order valence-electron chi connectivity index (χ0n) is 5.61. The third-order valence-electron chi connectivity index (χ3n) is 1.40. The number of azo groups is 1. The highest BCUT2D eigenvalue weighted by atomic mass is 32.2. The molecule has 9 heavy (non-hydrogen) atoms. The molecule has 0 radical (unpaired) electrons. The second kappa shape index (κ2) is 3.01. The Labute approximate surface area is 59.4 Å². The lowest BCUT2D eigenvalue weighted by atomic mass is 10.2. The van der Waals surface area contributed by atoms with E-state index in [1.165, 1.54) is 0 Å². The monoisotopic (exact) mass is 142 g/mol. The number of rotatable bonds is 2. The van der Waals surface area contributed by atoms with Crippen LogP contribution in [0.3, 0.4) is 0 Å². The van der Waals surface area contributed by atoms with Crippen LogP contribution >= 0.6 is 11.8 Å². The number of thioether (sulfide) groups is 1. The Morgan fingerprint density at radius 1 is 1.67 bits per heavy atom. The Morgan fingerprint density at radius 3 is 2.89 bits per heavy atom. The molecule has 2 unspecified atom stereocenters. The van der Waals surface area contributed by atoms with Gasteiger partial charge in [0, 0.05) is 11.4 Å². The standard InChI is InChI=1S/C6H10N2S/c1-5(9-2)6-3-4-7-8-6/h3-6H,1-2H3. The summed E-state index contributed by atoms with van der Waals surface area (Å²) in [5, 5.41) is 8.33. The molecule has 1 aliphatic rings. The van der Waals surface area contributed by atoms with Crippen LogP contribution in [0.4, 0.5) is 0 Å². The first-order valence-corrected chi connectivity index (χ1v) is 4.23. The molecule has 3 heteroatoms. The largest absolute Gasteiger partial charge is 0.180 e. The van der Waals surface area contributed by atoms with Gasteiger partial charge in [-0.15, -0.1) is 0 Å². The quantitative estimate of drug-likeness (QED) is 0.579. The number of hydrogen-bond acceptors (Lipinski definition) is 3. The molecule has 0 saturated carbocycles. The summed E-state index contributed by atoms with van der Waals surface area (Å²) < 4.78 is 0. The minimum atomic E-state index is 0.319. The van der Waals surface area contributed by atoms with Crippen LogP contribution in [0.25, 0.3) is 0 Å². The van der Waals surface area contributed by atoms with Crippen molar-refractivity contribution in [3.63, 3.8) is 0 Å². The summed E-state index contributed by atoms with van der Waals surface area (Å²) in [7, 11) is 0. The van der Waals surface area contributed by atoms with Crippen LogP contribution < -0.4 is 0 Å². The highest BCUT2D eigenvalue weighted by Gasteiger charge is 2.13. The Morgan fingerprint density at radius 2 is 2.44 bits per heavy atom. The first-order valence-electron chi connectivity index (χ1n) is 2.94. The molecule has 2 nitrogen and oxygen atoms in total. The molecule has 0 aromatic rings. The van der Waals surface area contributed by atoms with E-state index in [1.807, 2.05) is 17.8 Å². The molecule has 50 valence electrons. The zero-order valence-corrected chi connectivity index (χ0v) is 6.43. The third kappa shape index (κ3) is 1.55. The van der Waals surface area contributed by atoms with Crippen LogP contribution in [-0.4, -0.2) is 17.5 Å². The zero-order chi connectivity index (χ0) is 6.69. The molecule has 0 amide bonds. The van der Waals surface area contributed by atoms with E-state index >= 15 is 0 Å². The van der Waals surface area contributed by atoms with Gasteiger partial charge in [0.05, 0.1) is 0 Å². The third-order valence-corrected chi connectivity index (χ3v) is 2.43. The second-order valence-electron chi connectivity index (χ2n) is 2.00. The van der Waals surface area contributed by atoms with E-state index in [0.717, 1.165) is 0 Å². The first-order chi connectivity index (χ1) is 4.34. The summed E-state index contributed by atoms with van der Waals surface area (Å²) in [6, 6.07) is 0.319. The van der Waals surface area contributed by atoms with E-state index < -0.39 is 0 Å². The first kappa shape index (κ1) is 6.81. The fraction of sp³-hybridized carbons (Fsp3) is 0.667. The molecule has 1 heterocycles. The van der Waals surface area contributed by atoms with E-state index in [9.17, 15) is 0 Å². The predicted octanol–water partition coefficient (Wildman–Crippen LogP) is 2.09. The summed E-state index contributed by atoms with van der Waals surface area (Å²) in [4.78, 5) is 0. The molecule has 0 spiro atoms. The summed E-state index contributed by atoms with van der Waals surface area (Å²) in [5.41, 5.74) is 0. The maximum absolute atomic E-state index is 4.00.